The van der Waals surface area contributed by atoms with E-state index in [1.807, 2.05) is 55.5 Å². The molecule has 0 saturated heterocycles. The lowest BCUT2D eigenvalue weighted by Gasteiger charge is -2.05. The zero-order valence-corrected chi connectivity index (χ0v) is 19.1. The van der Waals surface area contributed by atoms with E-state index in [0.29, 0.717) is 16.5 Å². The molecule has 158 valence electrons. The molecule has 0 unspecified atom stereocenters. The number of benzene rings is 3. The number of aryl methyl sites for hydroxylation is 2. The second kappa shape index (κ2) is 8.26. The van der Waals surface area contributed by atoms with Gasteiger partial charge < -0.3 is 9.73 Å². The number of nitrogens with one attached hydrogen (secondary N) is 1. The molecule has 2 heterocycles. The first-order valence-electron chi connectivity index (χ1n) is 10.1. The van der Waals surface area contributed by atoms with Crippen LogP contribution in [-0.4, -0.2) is 10.9 Å². The summed E-state index contributed by atoms with van der Waals surface area (Å²) in [5, 5.41) is 4.45. The molecule has 5 aromatic rings. The summed E-state index contributed by atoms with van der Waals surface area (Å²) >= 11 is 8.04. The molecule has 0 aliphatic rings. The lowest BCUT2D eigenvalue weighted by atomic mass is 10.1. The predicted molar refractivity (Wildman–Crippen MR) is 132 cm³/mol. The van der Waals surface area contributed by atoms with Gasteiger partial charge >= 0.3 is 0 Å². The van der Waals surface area contributed by atoms with Crippen LogP contribution in [0.5, 0.6) is 0 Å². The van der Waals surface area contributed by atoms with Crippen LogP contribution in [0.25, 0.3) is 32.1 Å². The summed E-state index contributed by atoms with van der Waals surface area (Å²) in [4.78, 5) is 17.4. The Bertz CT molecular complexity index is 1450. The molecule has 0 aliphatic carbocycles. The number of nitrogens with zero attached hydrogens (tertiary/aromatic N) is 1. The smallest absolute Gasteiger partial charge is 0.291 e. The van der Waals surface area contributed by atoms with Crippen molar-refractivity contribution in [2.75, 3.05) is 5.32 Å². The first-order valence-corrected chi connectivity index (χ1v) is 11.3. The van der Waals surface area contributed by atoms with E-state index in [0.717, 1.165) is 27.2 Å². The van der Waals surface area contributed by atoms with Crippen LogP contribution in [0.2, 0.25) is 5.02 Å². The summed E-state index contributed by atoms with van der Waals surface area (Å²) in [6.07, 6.45) is 0. The average molecular weight is 459 g/mol. The normalized spacial score (nSPS) is 11.1. The quantitative estimate of drug-likeness (QED) is 0.299. The molecule has 0 saturated carbocycles. The van der Waals surface area contributed by atoms with E-state index >= 15 is 0 Å². The van der Waals surface area contributed by atoms with Gasteiger partial charge in [-0.2, -0.15) is 0 Å². The Morgan fingerprint density at radius 2 is 1.81 bits per heavy atom. The Hall–Kier alpha value is -3.41. The molecule has 32 heavy (non-hydrogen) atoms. The molecule has 0 bridgehead atoms. The number of amides is 1. The van der Waals surface area contributed by atoms with E-state index in [1.165, 1.54) is 10.3 Å². The molecule has 1 amide bonds. The molecule has 4 nitrogen and oxygen atoms in total. The van der Waals surface area contributed by atoms with Crippen LogP contribution >= 0.6 is 22.9 Å². The highest BCUT2D eigenvalue weighted by Crippen LogP contribution is 2.33. The molecule has 0 atom stereocenters. The number of halogens is 1. The SMILES string of the molecule is Cc1ccc2nc(-c3ccc(NC(=O)c4ccc(-c5cccc(C)c5Cl)o4)cc3)sc2c1. The van der Waals surface area contributed by atoms with E-state index in [9.17, 15) is 4.79 Å². The van der Waals surface area contributed by atoms with E-state index in [-0.39, 0.29) is 11.7 Å². The number of hydrogen-bond donors (Lipinski definition) is 1. The highest BCUT2D eigenvalue weighted by Gasteiger charge is 2.15. The van der Waals surface area contributed by atoms with Crippen LogP contribution in [0.1, 0.15) is 21.7 Å². The van der Waals surface area contributed by atoms with E-state index in [1.54, 1.807) is 23.5 Å². The number of carbonyl (C=O) groups excluding carboxylic acids is 1. The van der Waals surface area contributed by atoms with Gasteiger partial charge in [0.1, 0.15) is 10.8 Å². The van der Waals surface area contributed by atoms with Gasteiger partial charge in [-0.1, -0.05) is 29.8 Å². The van der Waals surface area contributed by atoms with Gasteiger partial charge in [-0.25, -0.2) is 4.98 Å². The van der Waals surface area contributed by atoms with E-state index < -0.39 is 0 Å². The Kier molecular flexibility index (Phi) is 5.29. The van der Waals surface area contributed by atoms with Crippen LogP contribution in [-0.2, 0) is 0 Å². The van der Waals surface area contributed by atoms with Crippen molar-refractivity contribution in [3.63, 3.8) is 0 Å². The van der Waals surface area contributed by atoms with Gasteiger partial charge in [0.05, 0.1) is 15.2 Å². The van der Waals surface area contributed by atoms with Crippen molar-refractivity contribution in [2.45, 2.75) is 13.8 Å². The lowest BCUT2D eigenvalue weighted by Crippen LogP contribution is -2.10. The van der Waals surface area contributed by atoms with Gasteiger partial charge in [-0.15, -0.1) is 11.3 Å². The third-order valence-corrected chi connectivity index (χ3v) is 6.79. The lowest BCUT2D eigenvalue weighted by molar-refractivity contribution is 0.0997. The number of fused-ring (bicyclic) bond motifs is 1. The monoisotopic (exact) mass is 458 g/mol. The van der Waals surface area contributed by atoms with Gasteiger partial charge in [0, 0.05) is 16.8 Å². The summed E-state index contributed by atoms with van der Waals surface area (Å²) in [5.74, 6) is 0.469. The molecule has 0 fully saturated rings. The number of hydrogen-bond acceptors (Lipinski definition) is 4. The van der Waals surface area contributed by atoms with Crippen molar-refractivity contribution in [1.29, 1.82) is 0 Å². The maximum atomic E-state index is 12.7. The van der Waals surface area contributed by atoms with Gasteiger partial charge in [0.15, 0.2) is 5.76 Å². The highest BCUT2D eigenvalue weighted by molar-refractivity contribution is 7.21. The molecule has 5 rings (SSSR count). The second-order valence-electron chi connectivity index (χ2n) is 7.62. The number of anilines is 1. The minimum absolute atomic E-state index is 0.225. The van der Waals surface area contributed by atoms with Gasteiger partial charge in [0.2, 0.25) is 0 Å². The van der Waals surface area contributed by atoms with E-state index in [4.69, 9.17) is 21.0 Å². The number of furan rings is 1. The van der Waals surface area contributed by atoms with Crippen LogP contribution in [0.15, 0.2) is 77.2 Å². The number of rotatable bonds is 4. The highest BCUT2D eigenvalue weighted by atomic mass is 35.5. The predicted octanol–water partition coefficient (Wildman–Crippen LogP) is 7.75. The van der Waals surface area contributed by atoms with Crippen molar-refractivity contribution in [2.24, 2.45) is 0 Å². The first-order chi connectivity index (χ1) is 15.5. The summed E-state index contributed by atoms with van der Waals surface area (Å²) in [5.41, 5.74) is 5.63. The zero-order chi connectivity index (χ0) is 22.2. The average Bonchev–Trinajstić information content (AvgIpc) is 3.43. The maximum absolute atomic E-state index is 12.7. The summed E-state index contributed by atoms with van der Waals surface area (Å²) in [7, 11) is 0. The molecular weight excluding hydrogens is 440 g/mol. The van der Waals surface area contributed by atoms with Crippen molar-refractivity contribution in [1.82, 2.24) is 4.98 Å². The first kappa shape index (κ1) is 20.5. The fraction of sp³-hybridized carbons (Fsp3) is 0.0769. The molecule has 1 N–H and O–H groups in total. The fourth-order valence-corrected chi connectivity index (χ4v) is 4.77. The second-order valence-corrected chi connectivity index (χ2v) is 9.03. The maximum Gasteiger partial charge on any atom is 0.291 e. The van der Waals surface area contributed by atoms with Crippen LogP contribution in [0.3, 0.4) is 0 Å². The molecule has 3 aromatic carbocycles. The third kappa shape index (κ3) is 3.93. The zero-order valence-electron chi connectivity index (χ0n) is 17.5. The van der Waals surface area contributed by atoms with Crippen molar-refractivity contribution in [3.8, 4) is 21.9 Å². The Balaban J connectivity index is 1.33. The summed E-state index contributed by atoms with van der Waals surface area (Å²) in [6.45, 7) is 4.01. The van der Waals surface area contributed by atoms with Crippen LogP contribution in [0.4, 0.5) is 5.69 Å². The molecule has 0 aliphatic heterocycles. The largest absolute Gasteiger partial charge is 0.451 e. The van der Waals surface area contributed by atoms with Gasteiger partial charge in [-0.05, 0) is 79.6 Å². The minimum Gasteiger partial charge on any atom is -0.451 e. The van der Waals surface area contributed by atoms with Gasteiger partial charge in [-0.3, -0.25) is 4.79 Å². The molecule has 0 spiro atoms. The summed E-state index contributed by atoms with van der Waals surface area (Å²) in [6, 6.07) is 23.0. The Labute approximate surface area is 194 Å². The number of thiazole rings is 1. The standard InChI is InChI=1S/C26H19ClN2O2S/c1-15-6-11-20-23(14-15)32-26(29-20)17-7-9-18(10-8-17)28-25(30)22-13-12-21(31-22)19-5-3-4-16(2)24(19)27/h3-14H,1-2H3,(H,28,30). The van der Waals surface area contributed by atoms with Crippen molar-refractivity contribution >= 4 is 44.7 Å². The Morgan fingerprint density at radius 3 is 2.62 bits per heavy atom. The molecule has 6 heteroatoms. The Morgan fingerprint density at radius 1 is 1.00 bits per heavy atom. The number of aromatic nitrogens is 1. The summed E-state index contributed by atoms with van der Waals surface area (Å²) < 4.78 is 6.94. The van der Waals surface area contributed by atoms with Crippen molar-refractivity contribution < 1.29 is 9.21 Å². The molecule has 0 radical (unpaired) electrons. The number of carbonyl (C=O) groups is 1. The van der Waals surface area contributed by atoms with Gasteiger partial charge in [0.25, 0.3) is 5.91 Å². The fourth-order valence-electron chi connectivity index (χ4n) is 3.49. The van der Waals surface area contributed by atoms with E-state index in [2.05, 4.69) is 24.4 Å². The molecule has 2 aromatic heterocycles. The third-order valence-electron chi connectivity index (χ3n) is 5.22. The molecular formula is C26H19ClN2O2S. The topological polar surface area (TPSA) is 55.1 Å². The minimum atomic E-state index is -0.316. The van der Waals surface area contributed by atoms with Crippen LogP contribution in [0, 0.1) is 13.8 Å². The van der Waals surface area contributed by atoms with Crippen molar-refractivity contribution in [3.05, 3.63) is 94.7 Å². The van der Waals surface area contributed by atoms with Crippen LogP contribution < -0.4 is 5.32 Å².